The van der Waals surface area contributed by atoms with Gasteiger partial charge in [0.1, 0.15) is 6.61 Å². The zero-order valence-corrected chi connectivity index (χ0v) is 9.90. The topological polar surface area (TPSA) is 35.5 Å². The molecule has 0 N–H and O–H groups in total. The van der Waals surface area contributed by atoms with Crippen molar-refractivity contribution in [2.24, 2.45) is 0 Å². The van der Waals surface area contributed by atoms with E-state index in [1.807, 2.05) is 6.26 Å². The molecule has 4 heteroatoms. The van der Waals surface area contributed by atoms with Crippen LogP contribution in [0.4, 0.5) is 0 Å². The number of hydrogen-bond donors (Lipinski definition) is 0. The lowest BCUT2D eigenvalue weighted by Gasteiger charge is -2.04. The second-order valence-corrected chi connectivity index (χ2v) is 3.91. The van der Waals surface area contributed by atoms with E-state index in [9.17, 15) is 4.79 Å². The number of hydrogen-bond acceptors (Lipinski definition) is 4. The normalized spacial score (nSPS) is 10.1. The molecule has 0 amide bonds. The van der Waals surface area contributed by atoms with Gasteiger partial charge in [0.2, 0.25) is 0 Å². The fourth-order valence-electron chi connectivity index (χ4n) is 0.820. The average Bonchev–Trinajstić information content (AvgIpc) is 2.20. The average molecular weight is 220 g/mol. The fraction of sp³-hybridized carbons (Fsp3) is 0.900. The van der Waals surface area contributed by atoms with Crippen LogP contribution in [0.15, 0.2) is 0 Å². The van der Waals surface area contributed by atoms with Crippen LogP contribution in [-0.4, -0.2) is 37.8 Å². The highest BCUT2D eigenvalue weighted by Gasteiger charge is 2.00. The standard InChI is InChI=1S/C10H20O3S/c1-3-4-6-12-7-8-13-10(11)5-9-14-2/h3-9H2,1-2H3. The van der Waals surface area contributed by atoms with Gasteiger partial charge in [-0.3, -0.25) is 4.79 Å². The van der Waals surface area contributed by atoms with Crippen LogP contribution >= 0.6 is 11.8 Å². The third-order valence-electron chi connectivity index (χ3n) is 1.64. The van der Waals surface area contributed by atoms with E-state index >= 15 is 0 Å². The fourth-order valence-corrected chi connectivity index (χ4v) is 1.19. The van der Waals surface area contributed by atoms with Crippen molar-refractivity contribution in [2.75, 3.05) is 31.8 Å². The number of carbonyl (C=O) groups is 1. The van der Waals surface area contributed by atoms with Gasteiger partial charge in [-0.15, -0.1) is 0 Å². The molecule has 0 saturated carbocycles. The molecule has 0 aromatic heterocycles. The summed E-state index contributed by atoms with van der Waals surface area (Å²) in [6, 6.07) is 0. The molecule has 0 aliphatic rings. The van der Waals surface area contributed by atoms with Crippen molar-refractivity contribution < 1.29 is 14.3 Å². The summed E-state index contributed by atoms with van der Waals surface area (Å²) in [4.78, 5) is 11.0. The molecule has 0 aliphatic carbocycles. The zero-order chi connectivity index (χ0) is 10.6. The van der Waals surface area contributed by atoms with Crippen molar-refractivity contribution >= 4 is 17.7 Å². The first-order chi connectivity index (χ1) is 6.81. The van der Waals surface area contributed by atoms with Crippen molar-refractivity contribution in [1.29, 1.82) is 0 Å². The van der Waals surface area contributed by atoms with Crippen molar-refractivity contribution in [2.45, 2.75) is 26.2 Å². The summed E-state index contributed by atoms with van der Waals surface area (Å²) in [5.41, 5.74) is 0. The predicted molar refractivity (Wildman–Crippen MR) is 59.7 cm³/mol. The van der Waals surface area contributed by atoms with Crippen molar-refractivity contribution in [3.8, 4) is 0 Å². The molecule has 0 aromatic rings. The molecule has 84 valence electrons. The van der Waals surface area contributed by atoms with E-state index in [0.29, 0.717) is 19.6 Å². The highest BCUT2D eigenvalue weighted by Crippen LogP contribution is 1.97. The molecule has 0 atom stereocenters. The lowest BCUT2D eigenvalue weighted by atomic mass is 10.4. The van der Waals surface area contributed by atoms with Gasteiger partial charge >= 0.3 is 5.97 Å². The number of ether oxygens (including phenoxy) is 2. The van der Waals surface area contributed by atoms with Gasteiger partial charge in [0, 0.05) is 12.4 Å². The summed E-state index contributed by atoms with van der Waals surface area (Å²) in [6.45, 7) is 3.78. The molecular formula is C10H20O3S. The predicted octanol–water partition coefficient (Wildman–Crippen LogP) is 2.10. The summed E-state index contributed by atoms with van der Waals surface area (Å²) in [5.74, 6) is 0.702. The molecule has 0 unspecified atom stereocenters. The number of unbranched alkanes of at least 4 members (excludes halogenated alkanes) is 1. The van der Waals surface area contributed by atoms with Crippen LogP contribution in [0.5, 0.6) is 0 Å². The number of rotatable bonds is 9. The minimum absolute atomic E-state index is 0.126. The van der Waals surface area contributed by atoms with E-state index < -0.39 is 0 Å². The lowest BCUT2D eigenvalue weighted by Crippen LogP contribution is -2.11. The van der Waals surface area contributed by atoms with Gasteiger partial charge in [-0.25, -0.2) is 0 Å². The Labute approximate surface area is 90.5 Å². The molecule has 0 heterocycles. The Morgan fingerprint density at radius 2 is 2.07 bits per heavy atom. The molecule has 0 saturated heterocycles. The van der Waals surface area contributed by atoms with E-state index in [0.717, 1.165) is 25.2 Å². The maximum absolute atomic E-state index is 11.0. The molecule has 0 rings (SSSR count). The highest BCUT2D eigenvalue weighted by atomic mass is 32.2. The minimum Gasteiger partial charge on any atom is -0.463 e. The van der Waals surface area contributed by atoms with Gasteiger partial charge < -0.3 is 9.47 Å². The second kappa shape index (κ2) is 10.9. The Kier molecular flexibility index (Phi) is 10.7. The third kappa shape index (κ3) is 9.86. The van der Waals surface area contributed by atoms with Crippen molar-refractivity contribution in [3.63, 3.8) is 0 Å². The van der Waals surface area contributed by atoms with E-state index in [1.54, 1.807) is 11.8 Å². The maximum Gasteiger partial charge on any atom is 0.306 e. The molecular weight excluding hydrogens is 200 g/mol. The van der Waals surface area contributed by atoms with Crippen LogP contribution in [0.2, 0.25) is 0 Å². The van der Waals surface area contributed by atoms with Gasteiger partial charge in [-0.1, -0.05) is 13.3 Å². The Bertz CT molecular complexity index is 139. The van der Waals surface area contributed by atoms with Gasteiger partial charge in [0.15, 0.2) is 0 Å². The van der Waals surface area contributed by atoms with Crippen LogP contribution in [0.3, 0.4) is 0 Å². The number of thioether (sulfide) groups is 1. The van der Waals surface area contributed by atoms with E-state index in [1.165, 1.54) is 0 Å². The minimum atomic E-state index is -0.126. The summed E-state index contributed by atoms with van der Waals surface area (Å²) >= 11 is 1.65. The largest absolute Gasteiger partial charge is 0.463 e. The monoisotopic (exact) mass is 220 g/mol. The molecule has 0 aliphatic heterocycles. The van der Waals surface area contributed by atoms with E-state index in [-0.39, 0.29) is 5.97 Å². The van der Waals surface area contributed by atoms with Crippen LogP contribution in [-0.2, 0) is 14.3 Å². The Morgan fingerprint density at radius 3 is 2.71 bits per heavy atom. The van der Waals surface area contributed by atoms with Gasteiger partial charge in [-0.2, -0.15) is 11.8 Å². The molecule has 0 spiro atoms. The van der Waals surface area contributed by atoms with Crippen LogP contribution in [0.25, 0.3) is 0 Å². The Morgan fingerprint density at radius 1 is 1.29 bits per heavy atom. The third-order valence-corrected chi connectivity index (χ3v) is 2.26. The summed E-state index contributed by atoms with van der Waals surface area (Å²) in [7, 11) is 0. The Hall–Kier alpha value is -0.220. The SMILES string of the molecule is CCCCOCCOC(=O)CCSC. The first-order valence-electron chi connectivity index (χ1n) is 5.03. The first kappa shape index (κ1) is 13.8. The molecule has 3 nitrogen and oxygen atoms in total. The summed E-state index contributed by atoms with van der Waals surface area (Å²) in [6.07, 6.45) is 4.67. The van der Waals surface area contributed by atoms with E-state index in [2.05, 4.69) is 6.92 Å². The molecule has 0 fully saturated rings. The quantitative estimate of drug-likeness (QED) is 0.440. The maximum atomic E-state index is 11.0. The molecule has 0 aromatic carbocycles. The number of carbonyl (C=O) groups excluding carboxylic acids is 1. The Balaban J connectivity index is 3.07. The van der Waals surface area contributed by atoms with Crippen molar-refractivity contribution in [3.05, 3.63) is 0 Å². The van der Waals surface area contributed by atoms with Crippen LogP contribution < -0.4 is 0 Å². The smallest absolute Gasteiger partial charge is 0.306 e. The first-order valence-corrected chi connectivity index (χ1v) is 6.43. The summed E-state index contributed by atoms with van der Waals surface area (Å²) in [5, 5.41) is 0. The zero-order valence-electron chi connectivity index (χ0n) is 9.08. The van der Waals surface area contributed by atoms with Crippen molar-refractivity contribution in [1.82, 2.24) is 0 Å². The van der Waals surface area contributed by atoms with E-state index in [4.69, 9.17) is 9.47 Å². The highest BCUT2D eigenvalue weighted by molar-refractivity contribution is 7.98. The summed E-state index contributed by atoms with van der Waals surface area (Å²) < 4.78 is 10.2. The van der Waals surface area contributed by atoms with Gasteiger partial charge in [0.05, 0.1) is 13.0 Å². The van der Waals surface area contributed by atoms with Gasteiger partial charge in [0.25, 0.3) is 0 Å². The number of esters is 1. The lowest BCUT2D eigenvalue weighted by molar-refractivity contribution is -0.144. The van der Waals surface area contributed by atoms with Crippen LogP contribution in [0, 0.1) is 0 Å². The second-order valence-electron chi connectivity index (χ2n) is 2.93. The molecule has 0 radical (unpaired) electrons. The van der Waals surface area contributed by atoms with Gasteiger partial charge in [-0.05, 0) is 12.7 Å². The molecule has 14 heavy (non-hydrogen) atoms. The van der Waals surface area contributed by atoms with Crippen LogP contribution in [0.1, 0.15) is 26.2 Å². The molecule has 0 bridgehead atoms.